The Balaban J connectivity index is 2.53. The zero-order valence-corrected chi connectivity index (χ0v) is 12.6. The Morgan fingerprint density at radius 2 is 2.30 bits per heavy atom. The third-order valence-electron chi connectivity index (χ3n) is 3.21. The van der Waals surface area contributed by atoms with Crippen LogP contribution in [-0.4, -0.2) is 29.1 Å². The van der Waals surface area contributed by atoms with Crippen molar-refractivity contribution in [1.82, 2.24) is 14.9 Å². The lowest BCUT2D eigenvalue weighted by Gasteiger charge is -2.16. The number of imidazole rings is 1. The minimum Gasteiger partial charge on any atom is -0.497 e. The molecule has 0 radical (unpaired) electrons. The van der Waals surface area contributed by atoms with Crippen molar-refractivity contribution in [2.24, 2.45) is 0 Å². The molecule has 1 N–H and O–H groups in total. The molecule has 0 aliphatic heterocycles. The van der Waals surface area contributed by atoms with E-state index in [1.807, 2.05) is 36.6 Å². The predicted octanol–water partition coefficient (Wildman–Crippen LogP) is 2.48. The molecular weight excluding hydrogens is 278 g/mol. The monoisotopic (exact) mass is 295 g/mol. The van der Waals surface area contributed by atoms with Gasteiger partial charge in [-0.1, -0.05) is 0 Å². The van der Waals surface area contributed by atoms with Crippen LogP contribution in [0.2, 0.25) is 0 Å². The quantitative estimate of drug-likeness (QED) is 0.862. The van der Waals surface area contributed by atoms with Gasteiger partial charge in [0, 0.05) is 12.6 Å². The summed E-state index contributed by atoms with van der Waals surface area (Å²) in [4.78, 5) is 16.5. The maximum absolute atomic E-state index is 12.0. The molecule has 1 aromatic carbocycles. The molecule has 1 unspecified atom stereocenters. The molecule has 6 heteroatoms. The van der Waals surface area contributed by atoms with E-state index in [1.54, 1.807) is 7.11 Å². The molecule has 1 aromatic heterocycles. The van der Waals surface area contributed by atoms with Crippen LogP contribution >= 0.6 is 11.6 Å². The lowest BCUT2D eigenvalue weighted by atomic mass is 10.2. The number of fused-ring (bicyclic) bond motifs is 1. The van der Waals surface area contributed by atoms with Crippen LogP contribution in [0.15, 0.2) is 18.2 Å². The number of alkyl halides is 1. The number of ether oxygens (including phenoxy) is 1. The first-order chi connectivity index (χ1) is 9.62. The number of benzene rings is 1. The number of likely N-dealkylation sites (N-methyl/N-ethyl adjacent to an activating group) is 1. The van der Waals surface area contributed by atoms with Crippen molar-refractivity contribution >= 4 is 28.5 Å². The molecule has 5 nitrogen and oxygen atoms in total. The highest BCUT2D eigenvalue weighted by molar-refractivity contribution is 6.17. The van der Waals surface area contributed by atoms with Crippen molar-refractivity contribution in [3.8, 4) is 5.75 Å². The number of halogens is 1. The molecule has 108 valence electrons. The Hall–Kier alpha value is -1.75. The van der Waals surface area contributed by atoms with E-state index in [0.717, 1.165) is 16.8 Å². The van der Waals surface area contributed by atoms with Gasteiger partial charge in [-0.05, 0) is 26.0 Å². The fourth-order valence-corrected chi connectivity index (χ4v) is 2.41. The number of carbonyl (C=O) groups excluding carboxylic acids is 1. The van der Waals surface area contributed by atoms with Crippen LogP contribution in [0, 0.1) is 0 Å². The summed E-state index contributed by atoms with van der Waals surface area (Å²) in [6.07, 6.45) is 0. The summed E-state index contributed by atoms with van der Waals surface area (Å²) in [5.41, 5.74) is 1.65. The largest absolute Gasteiger partial charge is 0.497 e. The molecule has 0 saturated carbocycles. The number of nitrogens with one attached hydrogen (secondary N) is 1. The van der Waals surface area contributed by atoms with Crippen molar-refractivity contribution in [1.29, 1.82) is 0 Å². The maximum Gasteiger partial charge on any atom is 0.242 e. The lowest BCUT2D eigenvalue weighted by molar-refractivity contribution is -0.123. The van der Waals surface area contributed by atoms with Crippen LogP contribution < -0.4 is 10.1 Å². The van der Waals surface area contributed by atoms with E-state index < -0.39 is 0 Å². The molecule has 0 bridgehead atoms. The topological polar surface area (TPSA) is 56.2 Å². The number of nitrogens with zero attached hydrogens (tertiary/aromatic N) is 2. The van der Waals surface area contributed by atoms with Crippen LogP contribution in [-0.2, 0) is 10.7 Å². The summed E-state index contributed by atoms with van der Waals surface area (Å²) < 4.78 is 7.06. The summed E-state index contributed by atoms with van der Waals surface area (Å²) in [7, 11) is 1.61. The second-order valence-corrected chi connectivity index (χ2v) is 4.72. The van der Waals surface area contributed by atoms with Crippen LogP contribution in [0.25, 0.3) is 11.0 Å². The van der Waals surface area contributed by atoms with Gasteiger partial charge in [0.05, 0.1) is 24.0 Å². The predicted molar refractivity (Wildman–Crippen MR) is 79.2 cm³/mol. The number of rotatable bonds is 5. The van der Waals surface area contributed by atoms with Crippen molar-refractivity contribution in [3.05, 3.63) is 24.0 Å². The van der Waals surface area contributed by atoms with Gasteiger partial charge in [-0.3, -0.25) is 4.79 Å². The van der Waals surface area contributed by atoms with Crippen molar-refractivity contribution in [2.45, 2.75) is 25.8 Å². The van der Waals surface area contributed by atoms with E-state index in [4.69, 9.17) is 16.3 Å². The summed E-state index contributed by atoms with van der Waals surface area (Å²) in [5.74, 6) is 1.61. The number of amides is 1. The van der Waals surface area contributed by atoms with E-state index in [-0.39, 0.29) is 17.8 Å². The van der Waals surface area contributed by atoms with E-state index in [2.05, 4.69) is 10.3 Å². The minimum atomic E-state index is -0.359. The molecule has 0 aliphatic rings. The second-order valence-electron chi connectivity index (χ2n) is 4.46. The number of carbonyl (C=O) groups is 1. The molecule has 1 atom stereocenters. The third-order valence-corrected chi connectivity index (χ3v) is 3.45. The molecule has 0 aliphatic carbocycles. The summed E-state index contributed by atoms with van der Waals surface area (Å²) >= 11 is 5.96. The summed E-state index contributed by atoms with van der Waals surface area (Å²) in [6, 6.07) is 5.23. The highest BCUT2D eigenvalue weighted by Crippen LogP contribution is 2.25. The standard InChI is InChI=1S/C14H18ClN3O2/c1-4-16-14(19)9(2)18-12-6-5-10(20-3)7-11(12)17-13(18)8-15/h5-7,9H,4,8H2,1-3H3,(H,16,19). The number of methoxy groups -OCH3 is 1. The van der Waals surface area contributed by atoms with Gasteiger partial charge in [-0.25, -0.2) is 4.98 Å². The van der Waals surface area contributed by atoms with Crippen LogP contribution in [0.4, 0.5) is 0 Å². The zero-order chi connectivity index (χ0) is 14.7. The average molecular weight is 296 g/mol. The van der Waals surface area contributed by atoms with Gasteiger partial charge in [-0.2, -0.15) is 0 Å². The van der Waals surface area contributed by atoms with E-state index in [1.165, 1.54) is 0 Å². The van der Waals surface area contributed by atoms with Crippen molar-refractivity contribution in [2.75, 3.05) is 13.7 Å². The summed E-state index contributed by atoms with van der Waals surface area (Å²) in [5, 5.41) is 2.82. The first-order valence-electron chi connectivity index (χ1n) is 6.50. The van der Waals surface area contributed by atoms with Crippen LogP contribution in [0.3, 0.4) is 0 Å². The average Bonchev–Trinajstić information content (AvgIpc) is 2.83. The fourth-order valence-electron chi connectivity index (χ4n) is 2.22. The molecule has 20 heavy (non-hydrogen) atoms. The number of aromatic nitrogens is 2. The van der Waals surface area contributed by atoms with Gasteiger partial charge >= 0.3 is 0 Å². The van der Waals surface area contributed by atoms with Gasteiger partial charge in [0.2, 0.25) is 5.91 Å². The van der Waals surface area contributed by atoms with Gasteiger partial charge < -0.3 is 14.6 Å². The van der Waals surface area contributed by atoms with Crippen LogP contribution in [0.5, 0.6) is 5.75 Å². The first kappa shape index (κ1) is 14.7. The molecule has 2 rings (SSSR count). The van der Waals surface area contributed by atoms with Crippen molar-refractivity contribution < 1.29 is 9.53 Å². The van der Waals surface area contributed by atoms with Crippen molar-refractivity contribution in [3.63, 3.8) is 0 Å². The Morgan fingerprint density at radius 1 is 1.55 bits per heavy atom. The van der Waals surface area contributed by atoms with Crippen LogP contribution in [0.1, 0.15) is 25.7 Å². The molecule has 1 amide bonds. The van der Waals surface area contributed by atoms with E-state index >= 15 is 0 Å². The molecule has 0 saturated heterocycles. The first-order valence-corrected chi connectivity index (χ1v) is 7.04. The highest BCUT2D eigenvalue weighted by atomic mass is 35.5. The van der Waals surface area contributed by atoms with E-state index in [0.29, 0.717) is 12.4 Å². The van der Waals surface area contributed by atoms with Gasteiger partial charge in [0.25, 0.3) is 0 Å². The second kappa shape index (κ2) is 6.13. The molecule has 2 aromatic rings. The smallest absolute Gasteiger partial charge is 0.242 e. The van der Waals surface area contributed by atoms with Gasteiger partial charge in [0.1, 0.15) is 17.6 Å². The fraction of sp³-hybridized carbons (Fsp3) is 0.429. The number of hydrogen-bond acceptors (Lipinski definition) is 3. The normalized spacial score (nSPS) is 12.4. The number of hydrogen-bond donors (Lipinski definition) is 1. The Bertz CT molecular complexity index is 624. The maximum atomic E-state index is 12.0. The highest BCUT2D eigenvalue weighted by Gasteiger charge is 2.20. The Morgan fingerprint density at radius 3 is 2.90 bits per heavy atom. The summed E-state index contributed by atoms with van der Waals surface area (Å²) in [6.45, 7) is 4.33. The molecule has 0 fully saturated rings. The molecule has 1 heterocycles. The lowest BCUT2D eigenvalue weighted by Crippen LogP contribution is -2.31. The zero-order valence-electron chi connectivity index (χ0n) is 11.8. The van der Waals surface area contributed by atoms with E-state index in [9.17, 15) is 4.79 Å². The molecular formula is C14H18ClN3O2. The molecule has 0 spiro atoms. The Labute approximate surface area is 122 Å². The third kappa shape index (κ3) is 2.58. The Kier molecular flexibility index (Phi) is 4.49. The minimum absolute atomic E-state index is 0.0472. The van der Waals surface area contributed by atoms with Gasteiger partial charge in [-0.15, -0.1) is 11.6 Å². The van der Waals surface area contributed by atoms with Gasteiger partial charge in [0.15, 0.2) is 0 Å². The SMILES string of the molecule is CCNC(=O)C(C)n1c(CCl)nc2cc(OC)ccc21.